The Balaban J connectivity index is 1.68. The summed E-state index contributed by atoms with van der Waals surface area (Å²) in [7, 11) is 3.26. The van der Waals surface area contributed by atoms with E-state index < -0.39 is 0 Å². The number of nitrogens with zero attached hydrogens (tertiary/aromatic N) is 1. The van der Waals surface area contributed by atoms with Crippen LogP contribution in [0, 0.1) is 12.8 Å². The van der Waals surface area contributed by atoms with Gasteiger partial charge in [-0.1, -0.05) is 52.8 Å². The average Bonchev–Trinajstić information content (AvgIpc) is 3.33. The topological polar surface area (TPSA) is 51.9 Å². The minimum atomic E-state index is -0.0728. The van der Waals surface area contributed by atoms with Crippen LogP contribution in [-0.4, -0.2) is 38.1 Å². The van der Waals surface area contributed by atoms with Crippen LogP contribution in [0.1, 0.15) is 67.6 Å². The molecule has 0 spiro atoms. The highest BCUT2D eigenvalue weighted by Crippen LogP contribution is 2.32. The maximum absolute atomic E-state index is 13.4. The molecule has 1 heterocycles. The van der Waals surface area contributed by atoms with Crippen molar-refractivity contribution in [3.8, 4) is 11.5 Å². The Morgan fingerprint density at radius 1 is 1.00 bits per heavy atom. The van der Waals surface area contributed by atoms with E-state index in [9.17, 15) is 4.79 Å². The Kier molecular flexibility index (Phi) is 9.77. The molecule has 0 aliphatic rings. The minimum absolute atomic E-state index is 0.0728. The highest BCUT2D eigenvalue weighted by atomic mass is 32.2. The van der Waals surface area contributed by atoms with E-state index >= 15 is 0 Å². The molecule has 5 nitrogen and oxygen atoms in total. The van der Waals surface area contributed by atoms with Gasteiger partial charge in [-0.05, 0) is 71.7 Å². The molecule has 0 bridgehead atoms. The number of ether oxygens (including phenoxy) is 2. The lowest BCUT2D eigenvalue weighted by molar-refractivity contribution is 0.0704. The van der Waals surface area contributed by atoms with Gasteiger partial charge >= 0.3 is 0 Å². The summed E-state index contributed by atoms with van der Waals surface area (Å²) in [5.41, 5.74) is 3.75. The van der Waals surface area contributed by atoms with Crippen LogP contribution in [-0.2, 0) is 17.6 Å². The number of furan rings is 1. The monoisotopic (exact) mass is 523 g/mol. The Hall–Kier alpha value is -2.86. The maximum Gasteiger partial charge on any atom is 0.289 e. The van der Waals surface area contributed by atoms with Crippen LogP contribution in [0.4, 0.5) is 0 Å². The van der Waals surface area contributed by atoms with Crippen LogP contribution in [0.3, 0.4) is 0 Å². The average molecular weight is 524 g/mol. The molecular weight excluding hydrogens is 482 g/mol. The third-order valence-electron chi connectivity index (χ3n) is 6.29. The van der Waals surface area contributed by atoms with E-state index in [4.69, 9.17) is 13.9 Å². The molecule has 0 saturated carbocycles. The van der Waals surface area contributed by atoms with Crippen molar-refractivity contribution in [3.63, 3.8) is 0 Å². The Morgan fingerprint density at radius 3 is 2.38 bits per heavy atom. The zero-order chi connectivity index (χ0) is 27.2. The van der Waals surface area contributed by atoms with Gasteiger partial charge in [0, 0.05) is 18.0 Å². The molecule has 1 amide bonds. The second-order valence-corrected chi connectivity index (χ2v) is 11.9. The quantitative estimate of drug-likeness (QED) is 0.243. The fraction of sp³-hybridized carbons (Fsp3) is 0.452. The van der Waals surface area contributed by atoms with E-state index in [0.29, 0.717) is 48.4 Å². The summed E-state index contributed by atoms with van der Waals surface area (Å²) in [5, 5.41) is 0. The number of hydrogen-bond donors (Lipinski definition) is 0. The molecule has 0 aliphatic heterocycles. The van der Waals surface area contributed by atoms with Crippen molar-refractivity contribution in [1.29, 1.82) is 0 Å². The normalized spacial score (nSPS) is 11.6. The number of aryl methyl sites for hydroxylation is 1. The van der Waals surface area contributed by atoms with Gasteiger partial charge in [0.25, 0.3) is 5.91 Å². The first-order valence-electron chi connectivity index (χ1n) is 12.8. The SMILES string of the molecule is COc1ccc(CCN(CC(C)C)C(=O)c2ccc(CSc3cc(C(C)(C)C)ccc3C)o2)cc1OC. The second-order valence-electron chi connectivity index (χ2n) is 10.9. The molecule has 200 valence electrons. The molecule has 0 radical (unpaired) electrons. The van der Waals surface area contributed by atoms with Gasteiger partial charge in [-0.15, -0.1) is 11.8 Å². The molecule has 0 unspecified atom stereocenters. The predicted octanol–water partition coefficient (Wildman–Crippen LogP) is 7.54. The molecule has 1 aromatic heterocycles. The Labute approximate surface area is 226 Å². The van der Waals surface area contributed by atoms with E-state index in [1.165, 1.54) is 16.0 Å². The summed E-state index contributed by atoms with van der Waals surface area (Å²) in [4.78, 5) is 16.5. The van der Waals surface area contributed by atoms with Crippen LogP contribution in [0.15, 0.2) is 57.8 Å². The van der Waals surface area contributed by atoms with Crippen LogP contribution in [0.5, 0.6) is 11.5 Å². The zero-order valence-corrected chi connectivity index (χ0v) is 24.3. The smallest absolute Gasteiger partial charge is 0.289 e. The van der Waals surface area contributed by atoms with Gasteiger partial charge in [0.15, 0.2) is 17.3 Å². The molecule has 3 rings (SSSR count). The summed E-state index contributed by atoms with van der Waals surface area (Å²) >= 11 is 1.75. The minimum Gasteiger partial charge on any atom is -0.493 e. The number of methoxy groups -OCH3 is 2. The van der Waals surface area contributed by atoms with Crippen molar-refractivity contribution < 1.29 is 18.7 Å². The van der Waals surface area contributed by atoms with E-state index in [1.807, 2.05) is 29.2 Å². The first-order valence-corrected chi connectivity index (χ1v) is 13.8. The van der Waals surface area contributed by atoms with Gasteiger partial charge in [-0.2, -0.15) is 0 Å². The lowest BCUT2D eigenvalue weighted by atomic mass is 9.87. The number of benzene rings is 2. The number of hydrogen-bond acceptors (Lipinski definition) is 5. The fourth-order valence-corrected chi connectivity index (χ4v) is 5.07. The van der Waals surface area contributed by atoms with Crippen molar-refractivity contribution in [3.05, 3.63) is 76.7 Å². The summed E-state index contributed by atoms with van der Waals surface area (Å²) in [5.74, 6) is 3.54. The first-order chi connectivity index (χ1) is 17.5. The maximum atomic E-state index is 13.4. The van der Waals surface area contributed by atoms with Gasteiger partial charge in [0.05, 0.1) is 20.0 Å². The van der Waals surface area contributed by atoms with Gasteiger partial charge < -0.3 is 18.8 Å². The van der Waals surface area contributed by atoms with Crippen molar-refractivity contribution >= 4 is 17.7 Å². The molecule has 0 aliphatic carbocycles. The van der Waals surface area contributed by atoms with Crippen LogP contribution in [0.2, 0.25) is 0 Å². The number of rotatable bonds is 11. The first kappa shape index (κ1) is 28.7. The van der Waals surface area contributed by atoms with E-state index in [-0.39, 0.29) is 11.3 Å². The molecule has 2 aromatic carbocycles. The second kappa shape index (κ2) is 12.6. The number of thioether (sulfide) groups is 1. The van der Waals surface area contributed by atoms with E-state index in [1.54, 1.807) is 32.0 Å². The van der Waals surface area contributed by atoms with Crippen molar-refractivity contribution in [2.45, 2.75) is 64.0 Å². The Morgan fingerprint density at radius 2 is 1.73 bits per heavy atom. The highest BCUT2D eigenvalue weighted by molar-refractivity contribution is 7.98. The fourth-order valence-electron chi connectivity index (χ4n) is 4.11. The summed E-state index contributed by atoms with van der Waals surface area (Å²) < 4.78 is 16.8. The van der Waals surface area contributed by atoms with Gasteiger partial charge in [0.2, 0.25) is 0 Å². The number of amides is 1. The van der Waals surface area contributed by atoms with Crippen LogP contribution < -0.4 is 9.47 Å². The summed E-state index contributed by atoms with van der Waals surface area (Å²) in [6, 6.07) is 16.3. The van der Waals surface area contributed by atoms with Crippen LogP contribution in [0.25, 0.3) is 0 Å². The molecule has 0 atom stereocenters. The summed E-state index contributed by atoms with van der Waals surface area (Å²) in [6.07, 6.45) is 0.714. The molecule has 3 aromatic rings. The van der Waals surface area contributed by atoms with Gasteiger partial charge in [-0.3, -0.25) is 4.79 Å². The van der Waals surface area contributed by atoms with Gasteiger partial charge in [-0.25, -0.2) is 0 Å². The van der Waals surface area contributed by atoms with Crippen LogP contribution >= 0.6 is 11.8 Å². The van der Waals surface area contributed by atoms with Gasteiger partial charge in [0.1, 0.15) is 5.76 Å². The molecule has 0 fully saturated rings. The number of carbonyl (C=O) groups is 1. The molecule has 37 heavy (non-hydrogen) atoms. The highest BCUT2D eigenvalue weighted by Gasteiger charge is 2.21. The predicted molar refractivity (Wildman–Crippen MR) is 152 cm³/mol. The molecular formula is C31H41NO4S. The molecule has 0 N–H and O–H groups in total. The molecule has 6 heteroatoms. The largest absolute Gasteiger partial charge is 0.493 e. The lowest BCUT2D eigenvalue weighted by Crippen LogP contribution is -2.35. The lowest BCUT2D eigenvalue weighted by Gasteiger charge is -2.24. The Bertz CT molecular complexity index is 1190. The standard InChI is InChI=1S/C31H41NO4S/c1-21(2)19-32(16-15-23-10-13-26(34-7)28(17-23)35-8)30(33)27-14-12-25(36-27)20-37-29-18-24(31(4,5)6)11-9-22(29)3/h9-14,17-18,21H,15-16,19-20H2,1-8H3. The van der Waals surface area contributed by atoms with Crippen molar-refractivity contribution in [1.82, 2.24) is 4.90 Å². The number of carbonyl (C=O) groups excluding carboxylic acids is 1. The third kappa shape index (κ3) is 7.81. The zero-order valence-electron chi connectivity index (χ0n) is 23.5. The van der Waals surface area contributed by atoms with E-state index in [2.05, 4.69) is 59.7 Å². The third-order valence-corrected chi connectivity index (χ3v) is 7.47. The van der Waals surface area contributed by atoms with E-state index in [0.717, 1.165) is 11.3 Å². The molecule has 0 saturated heterocycles. The van der Waals surface area contributed by atoms with Crippen molar-refractivity contribution in [2.75, 3.05) is 27.3 Å². The van der Waals surface area contributed by atoms with Crippen molar-refractivity contribution in [2.24, 2.45) is 5.92 Å². The summed E-state index contributed by atoms with van der Waals surface area (Å²) in [6.45, 7) is 14.3.